The van der Waals surface area contributed by atoms with Crippen molar-refractivity contribution in [1.82, 2.24) is 4.90 Å². The smallest absolute Gasteiger partial charge is 0.241 e. The number of para-hydroxylation sites is 1. The molecule has 3 nitrogen and oxygen atoms in total. The average molecular weight is 272 g/mol. The van der Waals surface area contributed by atoms with Crippen LogP contribution in [-0.2, 0) is 11.2 Å². The Morgan fingerprint density at radius 3 is 2.90 bits per heavy atom. The molecule has 3 heteroatoms. The van der Waals surface area contributed by atoms with Crippen LogP contribution in [0.2, 0.25) is 0 Å². The van der Waals surface area contributed by atoms with Crippen LogP contribution in [0.1, 0.15) is 31.7 Å². The molecule has 1 fully saturated rings. The number of anilines is 1. The summed E-state index contributed by atoms with van der Waals surface area (Å²) in [4.78, 5) is 16.8. The first kappa shape index (κ1) is 13.6. The summed E-state index contributed by atoms with van der Waals surface area (Å²) in [5.74, 6) is 1.05. The van der Waals surface area contributed by atoms with E-state index in [1.54, 1.807) is 0 Å². The fraction of sp³-hybridized carbons (Fsp3) is 0.588. The highest BCUT2D eigenvalue weighted by atomic mass is 16.2. The van der Waals surface area contributed by atoms with Gasteiger partial charge in [-0.2, -0.15) is 0 Å². The van der Waals surface area contributed by atoms with Gasteiger partial charge in [-0.15, -0.1) is 0 Å². The molecule has 1 aliphatic carbocycles. The van der Waals surface area contributed by atoms with Crippen LogP contribution in [0.5, 0.6) is 0 Å². The zero-order chi connectivity index (χ0) is 14.1. The molecule has 1 aromatic carbocycles. The number of amides is 1. The van der Waals surface area contributed by atoms with E-state index in [0.717, 1.165) is 31.0 Å². The fourth-order valence-corrected chi connectivity index (χ4v) is 3.17. The molecule has 1 aliphatic heterocycles. The zero-order valence-corrected chi connectivity index (χ0v) is 12.5. The molecule has 2 aliphatic rings. The molecule has 1 heterocycles. The second-order valence-electron chi connectivity index (χ2n) is 6.27. The lowest BCUT2D eigenvalue weighted by molar-refractivity contribution is -0.120. The van der Waals surface area contributed by atoms with Crippen LogP contribution in [0.3, 0.4) is 0 Å². The van der Waals surface area contributed by atoms with Gasteiger partial charge in [-0.3, -0.25) is 9.69 Å². The molecule has 0 saturated heterocycles. The second kappa shape index (κ2) is 5.57. The lowest BCUT2D eigenvalue weighted by Gasteiger charge is -2.32. The van der Waals surface area contributed by atoms with Gasteiger partial charge in [0.15, 0.2) is 0 Å². The summed E-state index contributed by atoms with van der Waals surface area (Å²) in [6, 6.07) is 8.84. The van der Waals surface area contributed by atoms with Gasteiger partial charge in [0.05, 0.1) is 6.54 Å². The Morgan fingerprint density at radius 1 is 1.40 bits per heavy atom. The van der Waals surface area contributed by atoms with Crippen molar-refractivity contribution in [2.45, 2.75) is 38.6 Å². The van der Waals surface area contributed by atoms with Crippen LogP contribution in [-0.4, -0.2) is 37.0 Å². The second-order valence-corrected chi connectivity index (χ2v) is 6.27. The largest absolute Gasteiger partial charge is 0.311 e. The molecule has 0 bridgehead atoms. The summed E-state index contributed by atoms with van der Waals surface area (Å²) in [7, 11) is 2.08. The van der Waals surface area contributed by atoms with Crippen LogP contribution in [0.4, 0.5) is 5.69 Å². The van der Waals surface area contributed by atoms with E-state index in [2.05, 4.69) is 37.1 Å². The van der Waals surface area contributed by atoms with Gasteiger partial charge >= 0.3 is 0 Å². The first-order valence-corrected chi connectivity index (χ1v) is 7.75. The highest BCUT2D eigenvalue weighted by molar-refractivity contribution is 5.95. The predicted molar refractivity (Wildman–Crippen MR) is 81.9 cm³/mol. The number of hydrogen-bond donors (Lipinski definition) is 0. The van der Waals surface area contributed by atoms with Crippen molar-refractivity contribution in [2.24, 2.45) is 5.92 Å². The third-order valence-electron chi connectivity index (χ3n) is 4.80. The number of rotatable bonds is 4. The van der Waals surface area contributed by atoms with Crippen molar-refractivity contribution >= 4 is 11.6 Å². The quantitative estimate of drug-likeness (QED) is 0.841. The van der Waals surface area contributed by atoms with Gasteiger partial charge < -0.3 is 4.90 Å². The standard InChI is InChI=1S/C17H24N2O/c1-13(14-9-10-14)18(2)12-17(20)19-11-5-7-15-6-3-4-8-16(15)19/h3-4,6,8,13-14H,5,7,9-12H2,1-2H3. The van der Waals surface area contributed by atoms with Gasteiger partial charge in [0, 0.05) is 18.3 Å². The van der Waals surface area contributed by atoms with Gasteiger partial charge in [0.2, 0.25) is 5.91 Å². The number of aryl methyl sites for hydroxylation is 1. The lowest BCUT2D eigenvalue weighted by Crippen LogP contribution is -2.44. The molecule has 3 rings (SSSR count). The predicted octanol–water partition coefficient (Wildman–Crippen LogP) is 2.70. The van der Waals surface area contributed by atoms with Crippen molar-refractivity contribution in [2.75, 3.05) is 25.0 Å². The number of hydrogen-bond acceptors (Lipinski definition) is 2. The number of fused-ring (bicyclic) bond motifs is 1. The Labute approximate surface area is 121 Å². The van der Waals surface area contributed by atoms with Gasteiger partial charge in [-0.1, -0.05) is 18.2 Å². The van der Waals surface area contributed by atoms with Crippen molar-refractivity contribution < 1.29 is 4.79 Å². The highest BCUT2D eigenvalue weighted by Gasteiger charge is 2.32. The topological polar surface area (TPSA) is 23.6 Å². The Hall–Kier alpha value is -1.35. The third-order valence-corrected chi connectivity index (χ3v) is 4.80. The van der Waals surface area contributed by atoms with E-state index >= 15 is 0 Å². The molecule has 0 spiro atoms. The number of nitrogens with zero attached hydrogens (tertiary/aromatic N) is 2. The molecule has 108 valence electrons. The molecule has 1 atom stereocenters. The van der Waals surface area contributed by atoms with E-state index in [0.29, 0.717) is 12.6 Å². The number of carbonyl (C=O) groups is 1. The van der Waals surface area contributed by atoms with Crippen LogP contribution >= 0.6 is 0 Å². The summed E-state index contributed by atoms with van der Waals surface area (Å²) >= 11 is 0. The van der Waals surface area contributed by atoms with E-state index in [-0.39, 0.29) is 5.91 Å². The third kappa shape index (κ3) is 2.73. The number of benzene rings is 1. The molecule has 1 aromatic rings. The van der Waals surface area contributed by atoms with Crippen LogP contribution in [0.25, 0.3) is 0 Å². The Balaban J connectivity index is 1.68. The fourth-order valence-electron chi connectivity index (χ4n) is 3.17. The first-order chi connectivity index (χ1) is 9.66. The lowest BCUT2D eigenvalue weighted by atomic mass is 10.0. The minimum Gasteiger partial charge on any atom is -0.311 e. The van der Waals surface area contributed by atoms with Crippen molar-refractivity contribution in [1.29, 1.82) is 0 Å². The number of carbonyl (C=O) groups excluding carboxylic acids is 1. The van der Waals surface area contributed by atoms with Gasteiger partial charge in [-0.25, -0.2) is 0 Å². The van der Waals surface area contributed by atoms with Gasteiger partial charge in [0.1, 0.15) is 0 Å². The summed E-state index contributed by atoms with van der Waals surface area (Å²) in [6.07, 6.45) is 4.82. The maximum absolute atomic E-state index is 12.6. The molecular weight excluding hydrogens is 248 g/mol. The SMILES string of the molecule is CC(C1CC1)N(C)CC(=O)N1CCCc2ccccc21. The summed E-state index contributed by atoms with van der Waals surface area (Å²) in [6.45, 7) is 3.64. The minimum atomic E-state index is 0.243. The number of likely N-dealkylation sites (N-methyl/N-ethyl adjacent to an activating group) is 1. The van der Waals surface area contributed by atoms with E-state index in [1.807, 2.05) is 11.0 Å². The molecular formula is C17H24N2O. The van der Waals surface area contributed by atoms with E-state index in [1.165, 1.54) is 18.4 Å². The van der Waals surface area contributed by atoms with Gasteiger partial charge in [-0.05, 0) is 57.2 Å². The van der Waals surface area contributed by atoms with Crippen molar-refractivity contribution in [3.8, 4) is 0 Å². The monoisotopic (exact) mass is 272 g/mol. The molecule has 0 radical (unpaired) electrons. The van der Waals surface area contributed by atoms with E-state index < -0.39 is 0 Å². The average Bonchev–Trinajstić information content (AvgIpc) is 3.30. The maximum atomic E-state index is 12.6. The minimum absolute atomic E-state index is 0.243. The Kier molecular flexibility index (Phi) is 3.79. The molecule has 1 amide bonds. The van der Waals surface area contributed by atoms with Crippen molar-refractivity contribution in [3.05, 3.63) is 29.8 Å². The highest BCUT2D eigenvalue weighted by Crippen LogP contribution is 2.34. The van der Waals surface area contributed by atoms with Gasteiger partial charge in [0.25, 0.3) is 0 Å². The molecule has 0 N–H and O–H groups in total. The zero-order valence-electron chi connectivity index (χ0n) is 12.5. The normalized spacial score (nSPS) is 19.9. The van der Waals surface area contributed by atoms with E-state index in [9.17, 15) is 4.79 Å². The molecule has 1 unspecified atom stereocenters. The summed E-state index contributed by atoms with van der Waals surface area (Å²) in [5.41, 5.74) is 2.43. The molecule has 20 heavy (non-hydrogen) atoms. The van der Waals surface area contributed by atoms with Crippen molar-refractivity contribution in [3.63, 3.8) is 0 Å². The first-order valence-electron chi connectivity index (χ1n) is 7.75. The molecule has 0 aromatic heterocycles. The van der Waals surface area contributed by atoms with E-state index in [4.69, 9.17) is 0 Å². The summed E-state index contributed by atoms with van der Waals surface area (Å²) < 4.78 is 0. The Morgan fingerprint density at radius 2 is 2.15 bits per heavy atom. The van der Waals surface area contributed by atoms with Crippen LogP contribution in [0.15, 0.2) is 24.3 Å². The van der Waals surface area contributed by atoms with Crippen LogP contribution < -0.4 is 4.90 Å². The summed E-state index contributed by atoms with van der Waals surface area (Å²) in [5, 5.41) is 0. The van der Waals surface area contributed by atoms with Crippen LogP contribution in [0, 0.1) is 5.92 Å². The maximum Gasteiger partial charge on any atom is 0.241 e. The molecule has 1 saturated carbocycles. The Bertz CT molecular complexity index is 496.